The minimum Gasteiger partial charge on any atom is -0.393 e. The number of H-pyrrole nitrogens is 1. The van der Waals surface area contributed by atoms with Crippen LogP contribution in [0.3, 0.4) is 0 Å². The zero-order valence-corrected chi connectivity index (χ0v) is 49.4. The number of nitriles is 2. The van der Waals surface area contributed by atoms with Crippen LogP contribution in [0, 0.1) is 33.5 Å². The van der Waals surface area contributed by atoms with Crippen LogP contribution in [-0.2, 0) is 20.9 Å². The number of hydrogen-bond acceptors (Lipinski definition) is 13. The molecule has 0 saturated carbocycles. The minimum absolute atomic E-state index is 0.0536. The van der Waals surface area contributed by atoms with E-state index in [1.54, 1.807) is 10.8 Å². The predicted molar refractivity (Wildman–Crippen MR) is 305 cm³/mol. The fraction of sp³-hybridized carbons (Fsp3) is 0.600. The van der Waals surface area contributed by atoms with Crippen LogP contribution in [0.25, 0.3) is 11.1 Å². The van der Waals surface area contributed by atoms with Crippen LogP contribution >= 0.6 is 0 Å². The lowest BCUT2D eigenvalue weighted by Crippen LogP contribution is -2.48. The van der Waals surface area contributed by atoms with Crippen molar-refractivity contribution in [1.82, 2.24) is 29.5 Å². The first-order valence-corrected chi connectivity index (χ1v) is 31.3. The SMILES string of the molecule is CC1(C)CC=C(c2nc(C3CC(C)(C)OC(C)(CO)C3)ccc2NC(=O)c2nc(C#N)cn2COCC[Si](C)(C)C)CC1.CC1(C)CC=C(c2nc(C3CC(C)(C)OC(C)(CO)C3)ccc2NC(=O)c2ncc(C#N)[nH]2)CC1. The van der Waals surface area contributed by atoms with Crippen molar-refractivity contribution in [3.8, 4) is 12.1 Å². The molecule has 4 aliphatic rings. The normalized spacial score (nSPS) is 24.3. The Kier molecular flexibility index (Phi) is 18.0. The number of imidazole rings is 2. The van der Waals surface area contributed by atoms with Gasteiger partial charge in [-0.15, -0.1) is 0 Å². The van der Waals surface area contributed by atoms with Gasteiger partial charge in [0.25, 0.3) is 11.8 Å². The zero-order chi connectivity index (χ0) is 57.1. The summed E-state index contributed by atoms with van der Waals surface area (Å²) in [5.41, 5.74) is 5.64. The quantitative estimate of drug-likeness (QED) is 0.0550. The Hall–Kier alpha value is -5.86. The van der Waals surface area contributed by atoms with Crippen molar-refractivity contribution in [2.45, 2.75) is 200 Å². The number of aromatic amines is 1. The molecule has 420 valence electrons. The van der Waals surface area contributed by atoms with Crippen LogP contribution in [0.1, 0.15) is 201 Å². The Morgan fingerprint density at radius 3 is 1.67 bits per heavy atom. The molecule has 6 heterocycles. The van der Waals surface area contributed by atoms with Crippen LogP contribution in [-0.4, -0.2) is 102 Å². The highest BCUT2D eigenvalue weighted by molar-refractivity contribution is 6.76. The van der Waals surface area contributed by atoms with Gasteiger partial charge in [-0.25, -0.2) is 9.97 Å². The number of amides is 2. The van der Waals surface area contributed by atoms with Gasteiger partial charge in [0.15, 0.2) is 11.5 Å². The Balaban J connectivity index is 0.000000231. The summed E-state index contributed by atoms with van der Waals surface area (Å²) >= 11 is 0. The molecule has 8 rings (SSSR count). The molecule has 18 heteroatoms. The number of carbonyl (C=O) groups excluding carboxylic acids is 2. The lowest BCUT2D eigenvalue weighted by atomic mass is 9.77. The fourth-order valence-corrected chi connectivity index (χ4v) is 12.1. The van der Waals surface area contributed by atoms with Crippen molar-refractivity contribution < 1.29 is 34.0 Å². The number of aromatic nitrogens is 6. The molecule has 4 atom stereocenters. The third-order valence-electron chi connectivity index (χ3n) is 15.5. The average molecular weight is 1090 g/mol. The van der Waals surface area contributed by atoms with Crippen LogP contribution in [0.2, 0.25) is 25.7 Å². The molecule has 78 heavy (non-hydrogen) atoms. The van der Waals surface area contributed by atoms with Crippen LogP contribution < -0.4 is 10.6 Å². The second kappa shape index (κ2) is 23.5. The maximum absolute atomic E-state index is 13.6. The monoisotopic (exact) mass is 1080 g/mol. The first-order chi connectivity index (χ1) is 36.4. The van der Waals surface area contributed by atoms with E-state index in [2.05, 4.69) is 98.9 Å². The molecular weight excluding hydrogens is 1000 g/mol. The maximum Gasteiger partial charge on any atom is 0.291 e. The summed E-state index contributed by atoms with van der Waals surface area (Å²) in [7, 11) is -1.26. The van der Waals surface area contributed by atoms with Gasteiger partial charge in [0, 0.05) is 44.1 Å². The Labute approximate surface area is 462 Å². The molecule has 0 aromatic carbocycles. The summed E-state index contributed by atoms with van der Waals surface area (Å²) in [6.07, 6.45) is 15.9. The van der Waals surface area contributed by atoms with E-state index in [1.165, 1.54) is 6.20 Å². The fourth-order valence-electron chi connectivity index (χ4n) is 11.3. The second-order valence-corrected chi connectivity index (χ2v) is 32.3. The lowest BCUT2D eigenvalue weighted by molar-refractivity contribution is -0.187. The van der Waals surface area contributed by atoms with E-state index in [4.69, 9.17) is 29.4 Å². The summed E-state index contributed by atoms with van der Waals surface area (Å²) in [5, 5.41) is 44.6. The van der Waals surface area contributed by atoms with Gasteiger partial charge in [0.05, 0.1) is 64.6 Å². The molecule has 2 saturated heterocycles. The smallest absolute Gasteiger partial charge is 0.291 e. The van der Waals surface area contributed by atoms with Crippen LogP contribution in [0.15, 0.2) is 48.8 Å². The molecule has 4 aromatic rings. The molecule has 0 radical (unpaired) electrons. The number of nitrogens with one attached hydrogen (secondary N) is 3. The molecular formula is C60H84N10O7Si. The van der Waals surface area contributed by atoms with Gasteiger partial charge in [0.1, 0.15) is 24.6 Å². The number of pyridine rings is 2. The molecule has 4 aromatic heterocycles. The van der Waals surface area contributed by atoms with Crippen molar-refractivity contribution in [2.24, 2.45) is 10.8 Å². The van der Waals surface area contributed by atoms with Crippen molar-refractivity contribution in [3.05, 3.63) is 94.6 Å². The number of carbonyl (C=O) groups is 2. The van der Waals surface area contributed by atoms with Crippen molar-refractivity contribution in [3.63, 3.8) is 0 Å². The third-order valence-corrected chi connectivity index (χ3v) is 17.2. The number of aliphatic hydroxyl groups excluding tert-OH is 2. The second-order valence-electron chi connectivity index (χ2n) is 26.7. The van der Waals surface area contributed by atoms with Gasteiger partial charge >= 0.3 is 0 Å². The summed E-state index contributed by atoms with van der Waals surface area (Å²) < 4.78 is 19.9. The number of anilines is 2. The summed E-state index contributed by atoms with van der Waals surface area (Å²) in [6.45, 7) is 28.6. The van der Waals surface area contributed by atoms with E-state index in [0.29, 0.717) is 30.8 Å². The zero-order valence-electron chi connectivity index (χ0n) is 48.4. The number of ether oxygens (including phenoxy) is 3. The van der Waals surface area contributed by atoms with Crippen LogP contribution in [0.5, 0.6) is 0 Å². The van der Waals surface area contributed by atoms with Gasteiger partial charge in [-0.1, -0.05) is 59.5 Å². The average Bonchev–Trinajstić information content (AvgIpc) is 4.07. The van der Waals surface area contributed by atoms with E-state index in [9.17, 15) is 25.1 Å². The van der Waals surface area contributed by atoms with Crippen molar-refractivity contribution in [2.75, 3.05) is 30.5 Å². The molecule has 2 aliphatic heterocycles. The van der Waals surface area contributed by atoms with Gasteiger partial charge in [0.2, 0.25) is 5.82 Å². The highest BCUT2D eigenvalue weighted by atomic mass is 28.3. The lowest BCUT2D eigenvalue weighted by Gasteiger charge is -2.46. The highest BCUT2D eigenvalue weighted by Crippen LogP contribution is 2.47. The molecule has 0 bridgehead atoms. The van der Waals surface area contributed by atoms with E-state index in [0.717, 1.165) is 91.3 Å². The number of hydrogen-bond donors (Lipinski definition) is 5. The van der Waals surface area contributed by atoms with E-state index in [1.807, 2.05) is 64.1 Å². The number of allylic oxidation sites excluding steroid dienone is 4. The summed E-state index contributed by atoms with van der Waals surface area (Å²) in [6, 6.07) is 12.8. The molecule has 2 aliphatic carbocycles. The van der Waals surface area contributed by atoms with Gasteiger partial charge < -0.3 is 44.6 Å². The minimum atomic E-state index is -1.26. The van der Waals surface area contributed by atoms with E-state index >= 15 is 0 Å². The molecule has 4 unspecified atom stereocenters. The summed E-state index contributed by atoms with van der Waals surface area (Å²) in [5.74, 6) is -0.413. The van der Waals surface area contributed by atoms with E-state index < -0.39 is 36.7 Å². The molecule has 2 fully saturated rings. The molecule has 17 nitrogen and oxygen atoms in total. The van der Waals surface area contributed by atoms with Gasteiger partial charge in [-0.05, 0) is 158 Å². The largest absolute Gasteiger partial charge is 0.393 e. The molecule has 0 spiro atoms. The highest BCUT2D eigenvalue weighted by Gasteiger charge is 2.44. The third kappa shape index (κ3) is 15.5. The number of rotatable bonds is 15. The first kappa shape index (κ1) is 59.8. The standard InChI is InChI=1S/C33H49N5O4Si.C27H35N5O3/c1-31(2)13-11-23(12-14-31)28-27(10-9-26(36-28)24-17-32(3,4)42-33(5,18-24)21-39)37-30(40)29-35-25(19-34)20-38(29)22-41-15-16-43(6,7)8;1-25(2)10-8-17(9-11-25)22-21(32-24(34)23-29-15-19(14-28)30-23)7-6-20(31-22)18-12-26(3,4)35-27(5,13-18)16-33/h9-11,20,24,39H,12-18,21-22H2,1-8H3,(H,37,40);6-8,15,18,33H,9-13,16H2,1-5H3,(H,29,30)(H,32,34). The Morgan fingerprint density at radius 1 is 0.744 bits per heavy atom. The molecule has 5 N–H and O–H groups in total. The first-order valence-electron chi connectivity index (χ1n) is 27.6. The maximum atomic E-state index is 13.6. The van der Waals surface area contributed by atoms with Crippen molar-refractivity contribution in [1.29, 1.82) is 10.5 Å². The number of aliphatic hydroxyl groups is 2. The van der Waals surface area contributed by atoms with Crippen molar-refractivity contribution >= 4 is 42.4 Å². The van der Waals surface area contributed by atoms with E-state index in [-0.39, 0.29) is 71.2 Å². The predicted octanol–water partition coefficient (Wildman–Crippen LogP) is 11.7. The Bertz CT molecular complexity index is 2990. The summed E-state index contributed by atoms with van der Waals surface area (Å²) in [4.78, 5) is 47.8. The Morgan fingerprint density at radius 2 is 1.24 bits per heavy atom. The van der Waals surface area contributed by atoms with Gasteiger partial charge in [-0.3, -0.25) is 19.6 Å². The van der Waals surface area contributed by atoms with Gasteiger partial charge in [-0.2, -0.15) is 10.5 Å². The topological polar surface area (TPSA) is 246 Å². The number of nitrogens with zero attached hydrogens (tertiary/aromatic N) is 7. The molecule has 2 amide bonds. The van der Waals surface area contributed by atoms with Crippen LogP contribution in [0.4, 0.5) is 11.4 Å².